The van der Waals surface area contributed by atoms with Gasteiger partial charge >= 0.3 is 6.09 Å². The molecule has 1 fully saturated rings. The summed E-state index contributed by atoms with van der Waals surface area (Å²) in [4.78, 5) is 25.1. The molecule has 1 atom stereocenters. The number of nitrogens with one attached hydrogen (secondary N) is 1. The first-order valence-corrected chi connectivity index (χ1v) is 7.24. The molecule has 3 heterocycles. The van der Waals surface area contributed by atoms with Gasteiger partial charge in [-0.3, -0.25) is 9.69 Å². The lowest BCUT2D eigenvalue weighted by Gasteiger charge is -2.10. The van der Waals surface area contributed by atoms with Crippen LogP contribution in [0.3, 0.4) is 0 Å². The molecule has 2 amide bonds. The number of hydrogen-bond acceptors (Lipinski definition) is 6. The van der Waals surface area contributed by atoms with E-state index in [0.717, 1.165) is 5.00 Å². The minimum atomic E-state index is -0.394. The van der Waals surface area contributed by atoms with Crippen molar-refractivity contribution in [3.05, 3.63) is 35.0 Å². The van der Waals surface area contributed by atoms with E-state index < -0.39 is 6.09 Å². The molecule has 0 aliphatic carbocycles. The molecule has 1 aliphatic heterocycles. The fourth-order valence-electron chi connectivity index (χ4n) is 2.00. The maximum atomic E-state index is 11.8. The van der Waals surface area contributed by atoms with Crippen LogP contribution in [0.2, 0.25) is 0 Å². The molecule has 0 bridgehead atoms. The molecule has 0 radical (unpaired) electrons. The molecule has 3 rings (SSSR count). The lowest BCUT2D eigenvalue weighted by molar-refractivity contribution is 0.0907. The van der Waals surface area contributed by atoms with Crippen molar-refractivity contribution in [2.45, 2.75) is 13.0 Å². The second kappa shape index (κ2) is 5.57. The second-order valence-electron chi connectivity index (χ2n) is 4.60. The van der Waals surface area contributed by atoms with Gasteiger partial charge in [0.15, 0.2) is 5.69 Å². The van der Waals surface area contributed by atoms with Crippen LogP contribution in [0.25, 0.3) is 0 Å². The average molecular weight is 307 g/mol. The first-order valence-electron chi connectivity index (χ1n) is 6.36. The first-order chi connectivity index (χ1) is 10.1. The Balaban J connectivity index is 1.55. The Morgan fingerprint density at radius 3 is 3.14 bits per heavy atom. The van der Waals surface area contributed by atoms with Gasteiger partial charge in [0.1, 0.15) is 16.9 Å². The zero-order chi connectivity index (χ0) is 14.8. The first kappa shape index (κ1) is 13.6. The predicted molar refractivity (Wildman–Crippen MR) is 75.5 cm³/mol. The predicted octanol–water partition coefficient (Wildman–Crippen LogP) is 1.80. The summed E-state index contributed by atoms with van der Waals surface area (Å²) in [6, 6.07) is 5.27. The number of carbonyl (C=O) groups excluding carboxylic acids is 2. The molecule has 0 spiro atoms. The Morgan fingerprint density at radius 2 is 2.48 bits per heavy atom. The standard InChI is InChI=1S/C13H13N3O4S/c1-8-5-10(15-20-8)12(17)14-6-9-7-16(13(18)19-9)11-3-2-4-21-11/h2-5,9H,6-7H2,1H3,(H,14,17). The second-order valence-corrected chi connectivity index (χ2v) is 5.53. The van der Waals surface area contributed by atoms with Crippen molar-refractivity contribution in [3.8, 4) is 0 Å². The van der Waals surface area contributed by atoms with Gasteiger partial charge in [-0.05, 0) is 24.4 Å². The number of aromatic nitrogens is 1. The molecule has 1 N–H and O–H groups in total. The Labute approximate surface area is 124 Å². The van der Waals surface area contributed by atoms with Crippen molar-refractivity contribution in [2.75, 3.05) is 18.0 Å². The van der Waals surface area contributed by atoms with Gasteiger partial charge in [-0.1, -0.05) is 5.16 Å². The number of rotatable bonds is 4. The molecule has 0 aromatic carbocycles. The molecule has 7 nitrogen and oxygen atoms in total. The third-order valence-electron chi connectivity index (χ3n) is 3.00. The molecule has 1 unspecified atom stereocenters. The van der Waals surface area contributed by atoms with Gasteiger partial charge in [0.2, 0.25) is 0 Å². The van der Waals surface area contributed by atoms with Crippen molar-refractivity contribution < 1.29 is 18.8 Å². The fourth-order valence-corrected chi connectivity index (χ4v) is 2.73. The van der Waals surface area contributed by atoms with E-state index in [9.17, 15) is 9.59 Å². The number of anilines is 1. The van der Waals surface area contributed by atoms with E-state index in [1.165, 1.54) is 11.3 Å². The highest BCUT2D eigenvalue weighted by atomic mass is 32.1. The van der Waals surface area contributed by atoms with Gasteiger partial charge in [0.05, 0.1) is 13.1 Å². The maximum absolute atomic E-state index is 11.8. The number of nitrogens with zero attached hydrogens (tertiary/aromatic N) is 2. The number of ether oxygens (including phenoxy) is 1. The highest BCUT2D eigenvalue weighted by molar-refractivity contribution is 7.14. The van der Waals surface area contributed by atoms with Gasteiger partial charge < -0.3 is 14.6 Å². The van der Waals surface area contributed by atoms with Gasteiger partial charge in [0, 0.05) is 6.07 Å². The number of amides is 2. The summed E-state index contributed by atoms with van der Waals surface area (Å²) in [6.07, 6.45) is -0.773. The highest BCUT2D eigenvalue weighted by Crippen LogP contribution is 2.26. The number of thiophene rings is 1. The van der Waals surface area contributed by atoms with Crippen LogP contribution in [-0.2, 0) is 4.74 Å². The number of carbonyl (C=O) groups is 2. The van der Waals surface area contributed by atoms with Crippen LogP contribution in [0.4, 0.5) is 9.80 Å². The lowest BCUT2D eigenvalue weighted by Crippen LogP contribution is -2.34. The number of hydrogen-bond donors (Lipinski definition) is 1. The van der Waals surface area contributed by atoms with Crippen molar-refractivity contribution >= 4 is 28.3 Å². The van der Waals surface area contributed by atoms with E-state index in [2.05, 4.69) is 10.5 Å². The molecule has 0 saturated carbocycles. The smallest absolute Gasteiger partial charge is 0.415 e. The zero-order valence-corrected chi connectivity index (χ0v) is 12.1. The lowest BCUT2D eigenvalue weighted by atomic mass is 10.3. The van der Waals surface area contributed by atoms with Crippen LogP contribution in [-0.4, -0.2) is 36.4 Å². The summed E-state index contributed by atoms with van der Waals surface area (Å²) in [5, 5.41) is 9.03. The molecule has 2 aromatic rings. The van der Waals surface area contributed by atoms with E-state index in [-0.39, 0.29) is 24.2 Å². The van der Waals surface area contributed by atoms with Gasteiger partial charge in [-0.15, -0.1) is 11.3 Å². The average Bonchev–Trinajstić information content (AvgIpc) is 3.16. The van der Waals surface area contributed by atoms with Gasteiger partial charge in [-0.25, -0.2) is 4.79 Å². The van der Waals surface area contributed by atoms with Crippen molar-refractivity contribution in [1.82, 2.24) is 10.5 Å². The molecule has 2 aromatic heterocycles. The summed E-state index contributed by atoms with van der Waals surface area (Å²) in [5.41, 5.74) is 0.215. The highest BCUT2D eigenvalue weighted by Gasteiger charge is 2.33. The number of aryl methyl sites for hydroxylation is 1. The minimum absolute atomic E-state index is 0.215. The van der Waals surface area contributed by atoms with E-state index in [1.807, 2.05) is 17.5 Å². The monoisotopic (exact) mass is 307 g/mol. The molecule has 8 heteroatoms. The van der Waals surface area contributed by atoms with E-state index in [1.54, 1.807) is 17.9 Å². The minimum Gasteiger partial charge on any atom is -0.442 e. The molecular formula is C13H13N3O4S. The summed E-state index contributed by atoms with van der Waals surface area (Å²) >= 11 is 1.47. The normalized spacial score (nSPS) is 17.9. The van der Waals surface area contributed by atoms with E-state index in [4.69, 9.17) is 9.26 Å². The topological polar surface area (TPSA) is 84.7 Å². The maximum Gasteiger partial charge on any atom is 0.415 e. The van der Waals surface area contributed by atoms with Crippen LogP contribution in [0, 0.1) is 6.92 Å². The quantitative estimate of drug-likeness (QED) is 0.931. The van der Waals surface area contributed by atoms with Crippen molar-refractivity contribution in [3.63, 3.8) is 0 Å². The fraction of sp³-hybridized carbons (Fsp3) is 0.308. The Hall–Kier alpha value is -2.35. The summed E-state index contributed by atoms with van der Waals surface area (Å²) in [7, 11) is 0. The third-order valence-corrected chi connectivity index (χ3v) is 3.89. The van der Waals surface area contributed by atoms with Crippen LogP contribution in [0.1, 0.15) is 16.2 Å². The summed E-state index contributed by atoms with van der Waals surface area (Å²) < 4.78 is 10.1. The molecule has 110 valence electrons. The number of cyclic esters (lactones) is 1. The van der Waals surface area contributed by atoms with Crippen LogP contribution >= 0.6 is 11.3 Å². The third kappa shape index (κ3) is 2.89. The van der Waals surface area contributed by atoms with E-state index >= 15 is 0 Å². The van der Waals surface area contributed by atoms with Crippen LogP contribution < -0.4 is 10.2 Å². The summed E-state index contributed by atoms with van der Waals surface area (Å²) in [5.74, 6) is 0.216. The Kier molecular flexibility index (Phi) is 3.61. The molecule has 1 aliphatic rings. The Bertz CT molecular complexity index is 652. The Morgan fingerprint density at radius 1 is 1.62 bits per heavy atom. The molecular weight excluding hydrogens is 294 g/mol. The zero-order valence-electron chi connectivity index (χ0n) is 11.2. The van der Waals surface area contributed by atoms with Crippen molar-refractivity contribution in [1.29, 1.82) is 0 Å². The van der Waals surface area contributed by atoms with Crippen molar-refractivity contribution in [2.24, 2.45) is 0 Å². The van der Waals surface area contributed by atoms with Gasteiger partial charge in [0.25, 0.3) is 5.91 Å². The van der Waals surface area contributed by atoms with Crippen LogP contribution in [0.5, 0.6) is 0 Å². The molecule has 21 heavy (non-hydrogen) atoms. The molecule has 1 saturated heterocycles. The van der Waals surface area contributed by atoms with Crippen LogP contribution in [0.15, 0.2) is 28.1 Å². The summed E-state index contributed by atoms with van der Waals surface area (Å²) in [6.45, 7) is 2.36. The van der Waals surface area contributed by atoms with E-state index in [0.29, 0.717) is 12.3 Å². The van der Waals surface area contributed by atoms with Gasteiger partial charge in [-0.2, -0.15) is 0 Å². The SMILES string of the molecule is Cc1cc(C(=O)NCC2CN(c3cccs3)C(=O)O2)no1. The largest absolute Gasteiger partial charge is 0.442 e.